The highest BCUT2D eigenvalue weighted by Crippen LogP contribution is 2.42. The third kappa shape index (κ3) is 16.6. The van der Waals surface area contributed by atoms with Gasteiger partial charge in [0.05, 0.1) is 0 Å². The second kappa shape index (κ2) is 30.1. The second-order valence-electron chi connectivity index (χ2n) is 21.8. The summed E-state index contributed by atoms with van der Waals surface area (Å²) in [6.07, 6.45) is 33.5. The Morgan fingerprint density at radius 1 is 0.378 bits per heavy atom. The molecular formula is C66H84F8. The number of halogens is 8. The molecule has 0 nitrogen and oxygen atoms in total. The maximum Gasteiger partial charge on any atom is 0.162 e. The first kappa shape index (κ1) is 60.1. The van der Waals surface area contributed by atoms with E-state index >= 15 is 0 Å². The normalized spacial score (nSPS) is 24.0. The van der Waals surface area contributed by atoms with Crippen molar-refractivity contribution in [1.82, 2.24) is 0 Å². The summed E-state index contributed by atoms with van der Waals surface area (Å²) in [7, 11) is 0. The fourth-order valence-electron chi connectivity index (χ4n) is 11.8. The number of hydrogen-bond acceptors (Lipinski definition) is 0. The Hall–Kier alpha value is -4.72. The summed E-state index contributed by atoms with van der Waals surface area (Å²) in [5, 5.41) is 0. The van der Waals surface area contributed by atoms with Gasteiger partial charge in [-0.25, -0.2) is 35.1 Å². The zero-order chi connectivity index (χ0) is 53.9. The van der Waals surface area contributed by atoms with Crippen LogP contribution in [0.25, 0.3) is 0 Å². The first-order valence-electron chi connectivity index (χ1n) is 27.8. The van der Waals surface area contributed by atoms with Crippen molar-refractivity contribution in [1.29, 1.82) is 0 Å². The highest BCUT2D eigenvalue weighted by molar-refractivity contribution is 5.32. The molecule has 0 atom stereocenters. The summed E-state index contributed by atoms with van der Waals surface area (Å²) in [5.41, 5.74) is 3.83. The Balaban J connectivity index is 0.000000183. The van der Waals surface area contributed by atoms with Gasteiger partial charge in [0.2, 0.25) is 0 Å². The van der Waals surface area contributed by atoms with Gasteiger partial charge in [-0.1, -0.05) is 85.0 Å². The number of rotatable bonds is 12. The first-order valence-corrected chi connectivity index (χ1v) is 27.8. The molecule has 4 saturated carbocycles. The van der Waals surface area contributed by atoms with E-state index in [-0.39, 0.29) is 23.7 Å². The summed E-state index contributed by atoms with van der Waals surface area (Å²) >= 11 is 0. The van der Waals surface area contributed by atoms with Crippen molar-refractivity contribution in [3.63, 3.8) is 0 Å². The fraction of sp³-hybridized carbons (Fsp3) is 0.515. The highest BCUT2D eigenvalue weighted by Gasteiger charge is 2.29. The van der Waals surface area contributed by atoms with Crippen LogP contribution in [0.5, 0.6) is 0 Å². The van der Waals surface area contributed by atoms with E-state index < -0.39 is 46.5 Å². The maximum absolute atomic E-state index is 14.0. The molecule has 0 bridgehead atoms. The summed E-state index contributed by atoms with van der Waals surface area (Å²) in [5.74, 6) is -1.86. The lowest BCUT2D eigenvalue weighted by Gasteiger charge is -2.29. The SMILES string of the molecule is C/C=C/C1CCC(c2ccc(C)c(F)c2F)CC1.C/C=C/CCC1CCC(c2ccc(C)c(F)c2F)CC1.C=CC1CCC(c2ccc(C)c(F)c2F)CC1.C=CCCC1CCC(c2ccc(C)c(F)c2F)CC1. The average molecular weight is 1030 g/mol. The van der Waals surface area contributed by atoms with E-state index in [1.807, 2.05) is 26.0 Å². The van der Waals surface area contributed by atoms with Crippen molar-refractivity contribution in [3.05, 3.63) is 189 Å². The molecule has 8 heteroatoms. The summed E-state index contributed by atoms with van der Waals surface area (Å²) in [4.78, 5) is 0. The van der Waals surface area contributed by atoms with E-state index in [0.717, 1.165) is 127 Å². The van der Waals surface area contributed by atoms with Crippen molar-refractivity contribution in [2.75, 3.05) is 0 Å². The molecule has 0 spiro atoms. The van der Waals surface area contributed by atoms with Gasteiger partial charge in [0, 0.05) is 0 Å². The summed E-state index contributed by atoms with van der Waals surface area (Å²) in [6.45, 7) is 18.0. The van der Waals surface area contributed by atoms with Crippen LogP contribution in [0.4, 0.5) is 35.1 Å². The molecule has 4 aliphatic rings. The second-order valence-corrected chi connectivity index (χ2v) is 21.8. The van der Waals surface area contributed by atoms with Gasteiger partial charge >= 0.3 is 0 Å². The Morgan fingerprint density at radius 2 is 0.676 bits per heavy atom. The molecule has 0 aromatic heterocycles. The maximum atomic E-state index is 14.0. The fourth-order valence-corrected chi connectivity index (χ4v) is 11.8. The number of benzene rings is 4. The van der Waals surface area contributed by atoms with Gasteiger partial charge in [0.15, 0.2) is 46.5 Å². The van der Waals surface area contributed by atoms with E-state index in [2.05, 4.69) is 37.5 Å². The molecular weight excluding hydrogens is 945 g/mol. The van der Waals surface area contributed by atoms with Crippen LogP contribution in [0.1, 0.15) is 210 Å². The van der Waals surface area contributed by atoms with Crippen molar-refractivity contribution < 1.29 is 35.1 Å². The molecule has 404 valence electrons. The lowest BCUT2D eigenvalue weighted by molar-refractivity contribution is 0.306. The Labute approximate surface area is 439 Å². The van der Waals surface area contributed by atoms with Crippen LogP contribution in [-0.2, 0) is 0 Å². The van der Waals surface area contributed by atoms with Crippen molar-refractivity contribution in [2.24, 2.45) is 23.7 Å². The molecule has 0 saturated heterocycles. The van der Waals surface area contributed by atoms with E-state index in [1.165, 1.54) is 12.8 Å². The quantitative estimate of drug-likeness (QED) is 0.0980. The van der Waals surface area contributed by atoms with Crippen LogP contribution in [0, 0.1) is 97.9 Å². The monoisotopic (exact) mass is 1030 g/mol. The highest BCUT2D eigenvalue weighted by atomic mass is 19.2. The molecule has 4 aromatic carbocycles. The van der Waals surface area contributed by atoms with Gasteiger partial charge in [0.1, 0.15) is 0 Å². The van der Waals surface area contributed by atoms with Gasteiger partial charge in [-0.05, 0) is 262 Å². The van der Waals surface area contributed by atoms with Gasteiger partial charge in [-0.2, -0.15) is 0 Å². The molecule has 0 unspecified atom stereocenters. The van der Waals surface area contributed by atoms with Crippen molar-refractivity contribution in [3.8, 4) is 0 Å². The number of hydrogen-bond donors (Lipinski definition) is 0. The average Bonchev–Trinajstić information content (AvgIpc) is 3.41. The van der Waals surface area contributed by atoms with E-state index in [1.54, 1.807) is 76.2 Å². The minimum atomic E-state index is -0.687. The zero-order valence-electron chi connectivity index (χ0n) is 45.3. The van der Waals surface area contributed by atoms with Gasteiger partial charge in [-0.3, -0.25) is 0 Å². The van der Waals surface area contributed by atoms with Crippen LogP contribution >= 0.6 is 0 Å². The molecule has 74 heavy (non-hydrogen) atoms. The van der Waals surface area contributed by atoms with Crippen molar-refractivity contribution >= 4 is 0 Å². The number of allylic oxidation sites excluding steroid dienone is 6. The molecule has 0 aliphatic heterocycles. The van der Waals surface area contributed by atoms with E-state index in [4.69, 9.17) is 0 Å². The molecule has 4 aliphatic carbocycles. The molecule has 4 fully saturated rings. The van der Waals surface area contributed by atoms with Crippen LogP contribution in [0.15, 0.2) is 98.1 Å². The lowest BCUT2D eigenvalue weighted by Crippen LogP contribution is -2.15. The minimum absolute atomic E-state index is 0.168. The summed E-state index contributed by atoms with van der Waals surface area (Å²) < 4.78 is 110. The lowest BCUT2D eigenvalue weighted by atomic mass is 9.77. The molecule has 8 rings (SSSR count). The van der Waals surface area contributed by atoms with E-state index in [9.17, 15) is 35.1 Å². The van der Waals surface area contributed by atoms with Crippen LogP contribution in [0.3, 0.4) is 0 Å². The zero-order valence-corrected chi connectivity index (χ0v) is 45.3. The summed E-state index contributed by atoms with van der Waals surface area (Å²) in [6, 6.07) is 13.8. The Morgan fingerprint density at radius 3 is 0.959 bits per heavy atom. The predicted octanol–water partition coefficient (Wildman–Crippen LogP) is 21.3. The standard InChI is InChI=1S/C18H24F2.C17H22F2.C16H20F2.C15H18F2/c1-3-4-5-6-14-8-10-15(11-9-14)16-12-7-13(2)17(19)18(16)20;1-3-4-5-13-7-9-14(10-8-13)15-11-6-12(2)16(18)17(15)19;1-3-4-12-6-8-13(9-7-12)14-10-5-11(2)15(17)16(14)18;1-3-11-5-7-12(8-6-11)13-9-4-10(2)14(16)15(13)17/h3-4,7,12,14-15H,5-6,8-11H2,1-2H3;3,6,11,13-14H,1,4-5,7-10H2,2H3;3-5,10,12-13H,6-9H2,1-2H3;3-4,9,11-12H,1,5-8H2,2H3/b4-3+;;4-3+;. The Bertz CT molecular complexity index is 2450. The van der Waals surface area contributed by atoms with Crippen LogP contribution in [-0.4, -0.2) is 0 Å². The largest absolute Gasteiger partial charge is 0.203 e. The minimum Gasteiger partial charge on any atom is -0.203 e. The molecule has 0 N–H and O–H groups in total. The van der Waals surface area contributed by atoms with E-state index in [0.29, 0.717) is 56.3 Å². The van der Waals surface area contributed by atoms with Gasteiger partial charge in [-0.15, -0.1) is 13.2 Å². The molecule has 4 aromatic rings. The smallest absolute Gasteiger partial charge is 0.162 e. The Kier molecular flexibility index (Phi) is 24.5. The van der Waals surface area contributed by atoms with Crippen LogP contribution < -0.4 is 0 Å². The molecule has 0 heterocycles. The van der Waals surface area contributed by atoms with Crippen LogP contribution in [0.2, 0.25) is 0 Å². The molecule has 0 radical (unpaired) electrons. The first-order chi connectivity index (χ1) is 35.5. The third-order valence-corrected chi connectivity index (χ3v) is 16.8. The van der Waals surface area contributed by atoms with Crippen molar-refractivity contribution in [2.45, 2.75) is 194 Å². The predicted molar refractivity (Wildman–Crippen MR) is 292 cm³/mol. The van der Waals surface area contributed by atoms with Gasteiger partial charge in [0.25, 0.3) is 0 Å². The third-order valence-electron chi connectivity index (χ3n) is 16.8. The topological polar surface area (TPSA) is 0 Å². The molecule has 0 amide bonds. The van der Waals surface area contributed by atoms with Gasteiger partial charge < -0.3 is 0 Å². The number of aryl methyl sites for hydroxylation is 4.